The van der Waals surface area contributed by atoms with E-state index in [1.165, 1.54) is 6.08 Å². The SMILES string of the molecule is O=C(O)C1=Cc2ccccc2C1=O. The zero-order chi connectivity index (χ0) is 9.42. The Morgan fingerprint density at radius 2 is 1.92 bits per heavy atom. The van der Waals surface area contributed by atoms with Gasteiger partial charge in [0.15, 0.2) is 0 Å². The molecule has 0 saturated carbocycles. The minimum atomic E-state index is -1.17. The van der Waals surface area contributed by atoms with Gasteiger partial charge in [0.1, 0.15) is 5.57 Å². The third-order valence-electron chi connectivity index (χ3n) is 1.98. The molecule has 3 heteroatoms. The van der Waals surface area contributed by atoms with Crippen molar-refractivity contribution < 1.29 is 14.7 Å². The molecule has 64 valence electrons. The fraction of sp³-hybridized carbons (Fsp3) is 0. The van der Waals surface area contributed by atoms with E-state index < -0.39 is 11.8 Å². The van der Waals surface area contributed by atoms with E-state index in [2.05, 4.69) is 0 Å². The molecular weight excluding hydrogens is 168 g/mol. The molecule has 3 nitrogen and oxygen atoms in total. The van der Waals surface area contributed by atoms with E-state index in [-0.39, 0.29) is 5.57 Å². The molecule has 0 fully saturated rings. The summed E-state index contributed by atoms with van der Waals surface area (Å²) in [5.41, 5.74) is 1.01. The molecule has 0 bridgehead atoms. The molecule has 1 aromatic rings. The van der Waals surface area contributed by atoms with Crippen molar-refractivity contribution in [2.75, 3.05) is 0 Å². The van der Waals surface area contributed by atoms with Crippen molar-refractivity contribution in [1.29, 1.82) is 0 Å². The highest BCUT2D eigenvalue weighted by molar-refractivity contribution is 6.30. The highest BCUT2D eigenvalue weighted by Gasteiger charge is 2.26. The van der Waals surface area contributed by atoms with Gasteiger partial charge in [-0.1, -0.05) is 24.3 Å². The van der Waals surface area contributed by atoms with Gasteiger partial charge in [0.2, 0.25) is 5.78 Å². The topological polar surface area (TPSA) is 54.4 Å². The van der Waals surface area contributed by atoms with E-state index in [0.717, 1.165) is 0 Å². The lowest BCUT2D eigenvalue weighted by molar-refractivity contribution is -0.132. The number of benzene rings is 1. The van der Waals surface area contributed by atoms with Gasteiger partial charge in [0.25, 0.3) is 0 Å². The Hall–Kier alpha value is -1.90. The number of Topliss-reactive ketones (excluding diaryl/α,β-unsaturated/α-hetero) is 1. The summed E-state index contributed by atoms with van der Waals surface area (Å²) in [6.07, 6.45) is 1.40. The van der Waals surface area contributed by atoms with E-state index in [0.29, 0.717) is 11.1 Å². The summed E-state index contributed by atoms with van der Waals surface area (Å²) in [5.74, 6) is -1.57. The Labute approximate surface area is 74.3 Å². The third kappa shape index (κ3) is 1.05. The van der Waals surface area contributed by atoms with Gasteiger partial charge in [-0.2, -0.15) is 0 Å². The summed E-state index contributed by atoms with van der Waals surface area (Å²) in [6.45, 7) is 0. The van der Waals surface area contributed by atoms with E-state index in [1.54, 1.807) is 24.3 Å². The van der Waals surface area contributed by atoms with Crippen molar-refractivity contribution >= 4 is 17.8 Å². The average Bonchev–Trinajstić information content (AvgIpc) is 2.45. The smallest absolute Gasteiger partial charge is 0.339 e. The summed E-state index contributed by atoms with van der Waals surface area (Å²) < 4.78 is 0. The number of rotatable bonds is 1. The molecule has 0 saturated heterocycles. The van der Waals surface area contributed by atoms with Crippen LogP contribution in [0.2, 0.25) is 0 Å². The Balaban J connectivity index is 2.57. The van der Waals surface area contributed by atoms with Gasteiger partial charge in [-0.15, -0.1) is 0 Å². The summed E-state index contributed by atoms with van der Waals surface area (Å²) in [6, 6.07) is 6.84. The fourth-order valence-electron chi connectivity index (χ4n) is 1.35. The second-order valence-corrected chi connectivity index (χ2v) is 2.78. The van der Waals surface area contributed by atoms with Gasteiger partial charge >= 0.3 is 5.97 Å². The first-order valence-electron chi connectivity index (χ1n) is 3.79. The highest BCUT2D eigenvalue weighted by Crippen LogP contribution is 2.24. The van der Waals surface area contributed by atoms with Gasteiger partial charge in [0, 0.05) is 5.56 Å². The normalized spacial score (nSPS) is 13.8. The molecule has 0 heterocycles. The van der Waals surface area contributed by atoms with Crippen LogP contribution in [0, 0.1) is 0 Å². The quantitative estimate of drug-likeness (QED) is 0.654. The van der Waals surface area contributed by atoms with Crippen LogP contribution in [-0.2, 0) is 4.79 Å². The lowest BCUT2D eigenvalue weighted by atomic mass is 10.1. The van der Waals surface area contributed by atoms with E-state index >= 15 is 0 Å². The minimum absolute atomic E-state index is 0.152. The predicted molar refractivity (Wildman–Crippen MR) is 46.4 cm³/mol. The summed E-state index contributed by atoms with van der Waals surface area (Å²) in [4.78, 5) is 22.0. The molecule has 0 unspecified atom stereocenters. The van der Waals surface area contributed by atoms with E-state index in [1.807, 2.05) is 0 Å². The predicted octanol–water partition coefficient (Wildman–Crippen LogP) is 1.35. The van der Waals surface area contributed by atoms with Crippen molar-refractivity contribution in [2.24, 2.45) is 0 Å². The average molecular weight is 174 g/mol. The highest BCUT2D eigenvalue weighted by atomic mass is 16.4. The first kappa shape index (κ1) is 7.73. The van der Waals surface area contributed by atoms with Crippen LogP contribution in [0.3, 0.4) is 0 Å². The Kier molecular flexibility index (Phi) is 1.52. The molecule has 0 spiro atoms. The van der Waals surface area contributed by atoms with Gasteiger partial charge in [-0.3, -0.25) is 4.79 Å². The largest absolute Gasteiger partial charge is 0.478 e. The second kappa shape index (κ2) is 2.55. The molecule has 0 aromatic heterocycles. The standard InChI is InChI=1S/C10H6O3/c11-9-7-4-2-1-3-6(7)5-8(9)10(12)13/h1-5H,(H,12,13). The summed E-state index contributed by atoms with van der Waals surface area (Å²) >= 11 is 0. The summed E-state index contributed by atoms with van der Waals surface area (Å²) in [7, 11) is 0. The summed E-state index contributed by atoms with van der Waals surface area (Å²) in [5, 5.41) is 8.67. The fourth-order valence-corrected chi connectivity index (χ4v) is 1.35. The first-order valence-corrected chi connectivity index (χ1v) is 3.79. The number of fused-ring (bicyclic) bond motifs is 1. The number of hydrogen-bond donors (Lipinski definition) is 1. The van der Waals surface area contributed by atoms with Crippen molar-refractivity contribution in [3.8, 4) is 0 Å². The van der Waals surface area contributed by atoms with E-state index in [4.69, 9.17) is 5.11 Å². The van der Waals surface area contributed by atoms with Crippen LogP contribution < -0.4 is 0 Å². The molecule has 0 amide bonds. The molecule has 1 aliphatic carbocycles. The van der Waals surface area contributed by atoms with Crippen LogP contribution >= 0.6 is 0 Å². The second-order valence-electron chi connectivity index (χ2n) is 2.78. The van der Waals surface area contributed by atoms with Crippen LogP contribution in [-0.4, -0.2) is 16.9 Å². The maximum atomic E-state index is 11.4. The zero-order valence-corrected chi connectivity index (χ0v) is 6.65. The lowest BCUT2D eigenvalue weighted by Gasteiger charge is -1.93. The molecule has 13 heavy (non-hydrogen) atoms. The van der Waals surface area contributed by atoms with Crippen LogP contribution in [0.1, 0.15) is 15.9 Å². The number of carboxylic acids is 1. The Morgan fingerprint density at radius 3 is 2.54 bits per heavy atom. The first-order chi connectivity index (χ1) is 6.20. The Bertz CT molecular complexity index is 430. The van der Waals surface area contributed by atoms with Crippen molar-refractivity contribution in [2.45, 2.75) is 0 Å². The molecular formula is C10H6O3. The van der Waals surface area contributed by atoms with Crippen LogP contribution in [0.5, 0.6) is 0 Å². The molecule has 2 rings (SSSR count). The molecule has 1 aliphatic rings. The maximum Gasteiger partial charge on any atom is 0.339 e. The molecule has 0 radical (unpaired) electrons. The molecule has 0 atom stereocenters. The van der Waals surface area contributed by atoms with Crippen molar-refractivity contribution in [3.05, 3.63) is 41.0 Å². The maximum absolute atomic E-state index is 11.4. The number of carboxylic acid groups (broad SMARTS) is 1. The zero-order valence-electron chi connectivity index (χ0n) is 6.65. The molecule has 1 N–H and O–H groups in total. The number of carbonyl (C=O) groups is 2. The van der Waals surface area contributed by atoms with Gasteiger partial charge in [-0.05, 0) is 11.6 Å². The lowest BCUT2D eigenvalue weighted by Crippen LogP contribution is -2.07. The number of hydrogen-bond acceptors (Lipinski definition) is 2. The third-order valence-corrected chi connectivity index (χ3v) is 1.98. The van der Waals surface area contributed by atoms with Gasteiger partial charge in [0.05, 0.1) is 0 Å². The molecule has 0 aliphatic heterocycles. The van der Waals surface area contributed by atoms with Crippen LogP contribution in [0.4, 0.5) is 0 Å². The minimum Gasteiger partial charge on any atom is -0.478 e. The number of carbonyl (C=O) groups excluding carboxylic acids is 1. The number of ketones is 1. The Morgan fingerprint density at radius 1 is 1.23 bits per heavy atom. The van der Waals surface area contributed by atoms with Crippen molar-refractivity contribution in [3.63, 3.8) is 0 Å². The van der Waals surface area contributed by atoms with E-state index in [9.17, 15) is 9.59 Å². The number of aliphatic carboxylic acids is 1. The van der Waals surface area contributed by atoms with Crippen molar-refractivity contribution in [1.82, 2.24) is 0 Å². The van der Waals surface area contributed by atoms with Gasteiger partial charge in [-0.25, -0.2) is 4.79 Å². The molecule has 1 aromatic carbocycles. The van der Waals surface area contributed by atoms with Crippen LogP contribution in [0.25, 0.3) is 6.08 Å². The monoisotopic (exact) mass is 174 g/mol. The van der Waals surface area contributed by atoms with Crippen LogP contribution in [0.15, 0.2) is 29.8 Å². The van der Waals surface area contributed by atoms with Gasteiger partial charge < -0.3 is 5.11 Å².